The number of ether oxygens (including phenoxy) is 1. The van der Waals surface area contributed by atoms with E-state index in [1.807, 2.05) is 73.7 Å². The molecule has 4 rings (SSSR count). The molecule has 0 bridgehead atoms. The molecule has 0 aromatic heterocycles. The molecule has 0 saturated heterocycles. The molecular formula is C34H43N3O5S. The number of rotatable bonds is 13. The van der Waals surface area contributed by atoms with Crippen LogP contribution in [0, 0.1) is 0 Å². The summed E-state index contributed by atoms with van der Waals surface area (Å²) in [7, 11) is -2.25. The Kier molecular flexibility index (Phi) is 11.2. The van der Waals surface area contributed by atoms with E-state index in [1.54, 1.807) is 19.2 Å². The van der Waals surface area contributed by atoms with Crippen LogP contribution in [0.4, 0.5) is 5.69 Å². The quantitative estimate of drug-likeness (QED) is 0.292. The van der Waals surface area contributed by atoms with E-state index in [-0.39, 0.29) is 18.5 Å². The number of sulfonamides is 1. The van der Waals surface area contributed by atoms with E-state index < -0.39 is 28.5 Å². The Bertz CT molecular complexity index is 1470. The predicted octanol–water partition coefficient (Wildman–Crippen LogP) is 5.11. The number of nitrogens with one attached hydrogen (secondary N) is 1. The normalized spacial score (nSPS) is 14.5. The van der Waals surface area contributed by atoms with Crippen LogP contribution in [-0.2, 0) is 39.0 Å². The van der Waals surface area contributed by atoms with Gasteiger partial charge < -0.3 is 15.0 Å². The summed E-state index contributed by atoms with van der Waals surface area (Å²) in [6.45, 7) is 1.63. The van der Waals surface area contributed by atoms with Gasteiger partial charge in [0.15, 0.2) is 0 Å². The second kappa shape index (κ2) is 15.0. The van der Waals surface area contributed by atoms with Crippen LogP contribution >= 0.6 is 0 Å². The number of para-hydroxylation sites is 1. The molecule has 9 heteroatoms. The second-order valence-corrected chi connectivity index (χ2v) is 13.1. The Morgan fingerprint density at radius 1 is 0.930 bits per heavy atom. The molecule has 3 aromatic carbocycles. The fraction of sp³-hybridized carbons (Fsp3) is 0.412. The van der Waals surface area contributed by atoms with Gasteiger partial charge in [-0.05, 0) is 54.2 Å². The predicted molar refractivity (Wildman–Crippen MR) is 171 cm³/mol. The number of methoxy groups -OCH3 is 1. The summed E-state index contributed by atoms with van der Waals surface area (Å²) < 4.78 is 32.8. The molecule has 1 atom stereocenters. The molecule has 0 aliphatic heterocycles. The van der Waals surface area contributed by atoms with Crippen LogP contribution in [0.2, 0.25) is 0 Å². The molecule has 1 N–H and O–H groups in total. The molecule has 1 fully saturated rings. The third kappa shape index (κ3) is 8.83. The van der Waals surface area contributed by atoms with Crippen molar-refractivity contribution in [2.24, 2.45) is 0 Å². The van der Waals surface area contributed by atoms with E-state index in [0.29, 0.717) is 24.3 Å². The standard InChI is InChI=1S/C34H43N3O5S/c1-4-28-17-11-12-21-31(28)37(43(3,40)41)25-33(38)36(24-27-16-13-20-30(22-27)42-2)32(23-26-14-7-5-8-15-26)34(39)35-29-18-9-6-10-19-29/h5,7-8,11-17,20-22,29,32H,4,6,9-10,18-19,23-25H2,1-3H3,(H,35,39)/t32-/m1/s1. The first-order chi connectivity index (χ1) is 20.7. The van der Waals surface area contributed by atoms with Gasteiger partial charge in [0.2, 0.25) is 21.8 Å². The number of benzene rings is 3. The summed E-state index contributed by atoms with van der Waals surface area (Å²) >= 11 is 0. The molecular weight excluding hydrogens is 562 g/mol. The number of hydrogen-bond donors (Lipinski definition) is 1. The highest BCUT2D eigenvalue weighted by atomic mass is 32.2. The lowest BCUT2D eigenvalue weighted by Crippen LogP contribution is -2.55. The maximum absolute atomic E-state index is 14.4. The maximum atomic E-state index is 14.4. The van der Waals surface area contributed by atoms with Crippen LogP contribution in [0.5, 0.6) is 5.75 Å². The molecule has 43 heavy (non-hydrogen) atoms. The molecule has 2 amide bonds. The number of nitrogens with zero attached hydrogens (tertiary/aromatic N) is 2. The van der Waals surface area contributed by atoms with Crippen molar-refractivity contribution >= 4 is 27.5 Å². The van der Waals surface area contributed by atoms with Crippen molar-refractivity contribution in [1.82, 2.24) is 10.2 Å². The molecule has 0 spiro atoms. The van der Waals surface area contributed by atoms with E-state index in [0.717, 1.165) is 59.4 Å². The van der Waals surface area contributed by atoms with Crippen molar-refractivity contribution in [3.05, 3.63) is 95.6 Å². The lowest BCUT2D eigenvalue weighted by atomic mass is 9.94. The van der Waals surface area contributed by atoms with Crippen LogP contribution in [0.25, 0.3) is 0 Å². The summed E-state index contributed by atoms with van der Waals surface area (Å²) in [6.07, 6.45) is 7.08. The minimum atomic E-state index is -3.82. The van der Waals surface area contributed by atoms with Gasteiger partial charge in [-0.3, -0.25) is 13.9 Å². The summed E-state index contributed by atoms with van der Waals surface area (Å²) in [5.74, 6) is -0.0588. The third-order valence-electron chi connectivity index (χ3n) is 8.03. The van der Waals surface area contributed by atoms with Crippen LogP contribution in [-0.4, -0.2) is 57.1 Å². The summed E-state index contributed by atoms with van der Waals surface area (Å²) in [4.78, 5) is 30.0. The van der Waals surface area contributed by atoms with Crippen molar-refractivity contribution < 1.29 is 22.7 Å². The zero-order chi connectivity index (χ0) is 30.8. The lowest BCUT2D eigenvalue weighted by molar-refractivity contribution is -0.140. The highest BCUT2D eigenvalue weighted by molar-refractivity contribution is 7.92. The summed E-state index contributed by atoms with van der Waals surface area (Å²) in [6, 6.07) is 23.4. The highest BCUT2D eigenvalue weighted by Crippen LogP contribution is 2.25. The highest BCUT2D eigenvalue weighted by Gasteiger charge is 2.34. The number of hydrogen-bond acceptors (Lipinski definition) is 5. The van der Waals surface area contributed by atoms with Crippen molar-refractivity contribution in [2.75, 3.05) is 24.2 Å². The van der Waals surface area contributed by atoms with Gasteiger partial charge in [-0.2, -0.15) is 0 Å². The van der Waals surface area contributed by atoms with E-state index in [1.165, 1.54) is 4.90 Å². The molecule has 1 saturated carbocycles. The third-order valence-corrected chi connectivity index (χ3v) is 9.16. The SMILES string of the molecule is CCc1ccccc1N(CC(=O)N(Cc1cccc(OC)c1)[C@H](Cc1ccccc1)C(=O)NC1CCCCC1)S(C)(=O)=O. The first-order valence-electron chi connectivity index (χ1n) is 15.0. The van der Waals surface area contributed by atoms with Crippen molar-refractivity contribution in [3.63, 3.8) is 0 Å². The second-order valence-electron chi connectivity index (χ2n) is 11.2. The van der Waals surface area contributed by atoms with E-state index >= 15 is 0 Å². The van der Waals surface area contributed by atoms with Gasteiger partial charge in [-0.15, -0.1) is 0 Å². The number of anilines is 1. The van der Waals surface area contributed by atoms with Crippen molar-refractivity contribution in [1.29, 1.82) is 0 Å². The van der Waals surface area contributed by atoms with Gasteiger partial charge in [-0.1, -0.05) is 86.8 Å². The van der Waals surface area contributed by atoms with E-state index in [9.17, 15) is 18.0 Å². The first kappa shape index (κ1) is 32.1. The van der Waals surface area contributed by atoms with Crippen LogP contribution in [0.15, 0.2) is 78.9 Å². The molecule has 230 valence electrons. The number of carbonyl (C=O) groups is 2. The molecule has 1 aliphatic carbocycles. The lowest BCUT2D eigenvalue weighted by Gasteiger charge is -2.35. The maximum Gasteiger partial charge on any atom is 0.244 e. The number of aryl methyl sites for hydroxylation is 1. The van der Waals surface area contributed by atoms with Crippen LogP contribution in [0.3, 0.4) is 0 Å². The molecule has 0 heterocycles. The summed E-state index contributed by atoms with van der Waals surface area (Å²) in [5.41, 5.74) is 2.96. The van der Waals surface area contributed by atoms with Gasteiger partial charge in [-0.25, -0.2) is 8.42 Å². The van der Waals surface area contributed by atoms with Gasteiger partial charge >= 0.3 is 0 Å². The van der Waals surface area contributed by atoms with Gasteiger partial charge in [0, 0.05) is 19.0 Å². The Labute approximate surface area is 256 Å². The van der Waals surface area contributed by atoms with Crippen LogP contribution in [0.1, 0.15) is 55.7 Å². The fourth-order valence-corrected chi connectivity index (χ4v) is 6.59. The average molecular weight is 606 g/mol. The van der Waals surface area contributed by atoms with Crippen molar-refractivity contribution in [2.45, 2.75) is 70.5 Å². The Balaban J connectivity index is 1.75. The average Bonchev–Trinajstić information content (AvgIpc) is 3.02. The topological polar surface area (TPSA) is 96.0 Å². The Morgan fingerprint density at radius 3 is 2.28 bits per heavy atom. The zero-order valence-corrected chi connectivity index (χ0v) is 26.2. The molecule has 0 unspecified atom stereocenters. The largest absolute Gasteiger partial charge is 0.497 e. The van der Waals surface area contributed by atoms with Gasteiger partial charge in [0.05, 0.1) is 19.1 Å². The number of carbonyl (C=O) groups excluding carboxylic acids is 2. The molecule has 1 aliphatic rings. The molecule has 8 nitrogen and oxygen atoms in total. The molecule has 3 aromatic rings. The fourth-order valence-electron chi connectivity index (χ4n) is 5.71. The van der Waals surface area contributed by atoms with Crippen LogP contribution < -0.4 is 14.4 Å². The smallest absolute Gasteiger partial charge is 0.244 e. The first-order valence-corrected chi connectivity index (χ1v) is 16.9. The summed E-state index contributed by atoms with van der Waals surface area (Å²) in [5, 5.41) is 3.23. The number of amides is 2. The zero-order valence-electron chi connectivity index (χ0n) is 25.4. The van der Waals surface area contributed by atoms with E-state index in [2.05, 4.69) is 5.32 Å². The molecule has 0 radical (unpaired) electrons. The minimum Gasteiger partial charge on any atom is -0.497 e. The van der Waals surface area contributed by atoms with E-state index in [4.69, 9.17) is 4.74 Å². The van der Waals surface area contributed by atoms with Gasteiger partial charge in [0.25, 0.3) is 0 Å². The minimum absolute atomic E-state index is 0.0530. The van der Waals surface area contributed by atoms with Gasteiger partial charge in [0.1, 0.15) is 18.3 Å². The Morgan fingerprint density at radius 2 is 1.60 bits per heavy atom. The van der Waals surface area contributed by atoms with Crippen molar-refractivity contribution in [3.8, 4) is 5.75 Å². The monoisotopic (exact) mass is 605 g/mol. The Hall–Kier alpha value is -3.85.